The summed E-state index contributed by atoms with van der Waals surface area (Å²) in [6, 6.07) is 3.81. The smallest absolute Gasteiger partial charge is 0.331 e. The molecule has 5 rings (SSSR count). The Balaban J connectivity index is 1.78. The Morgan fingerprint density at radius 1 is 1.37 bits per heavy atom. The van der Waals surface area contributed by atoms with Crippen LogP contribution in [0.15, 0.2) is 27.9 Å². The first-order valence-corrected chi connectivity index (χ1v) is 12.3. The number of fused-ring (bicyclic) bond motifs is 2. The number of carbonyl (C=O) groups is 1. The zero-order valence-electron chi connectivity index (χ0n) is 20.0. The molecule has 11 heteroatoms. The maximum absolute atomic E-state index is 13.7. The highest BCUT2D eigenvalue weighted by Crippen LogP contribution is 2.34. The Hall–Kier alpha value is -3.28. The topological polar surface area (TPSA) is 122 Å². The highest BCUT2D eigenvalue weighted by Gasteiger charge is 2.33. The third-order valence-electron chi connectivity index (χ3n) is 6.26. The van der Waals surface area contributed by atoms with Crippen molar-refractivity contribution >= 4 is 38.5 Å². The van der Waals surface area contributed by atoms with E-state index in [0.717, 1.165) is 31.9 Å². The number of aliphatic hydroxyl groups excluding tert-OH is 1. The normalized spacial score (nSPS) is 16.3. The van der Waals surface area contributed by atoms with Gasteiger partial charge in [0, 0.05) is 42.2 Å². The minimum absolute atomic E-state index is 0.00639. The lowest BCUT2D eigenvalue weighted by Crippen LogP contribution is -2.39. The predicted molar refractivity (Wildman–Crippen MR) is 133 cm³/mol. The monoisotopic (exact) mass is 497 g/mol. The molecule has 1 atom stereocenters. The first-order valence-electron chi connectivity index (χ1n) is 11.5. The second-order valence-electron chi connectivity index (χ2n) is 9.35. The molecule has 1 aliphatic rings. The largest absolute Gasteiger partial charge is 0.389 e. The number of aryl methyl sites for hydroxylation is 1. The lowest BCUT2D eigenvalue weighted by atomic mass is 10.0. The molecule has 184 valence electrons. The molecule has 10 nitrogen and oxygen atoms in total. The molecule has 1 aliphatic heterocycles. The Morgan fingerprint density at radius 2 is 2.14 bits per heavy atom. The van der Waals surface area contributed by atoms with Crippen molar-refractivity contribution < 1.29 is 14.7 Å². The average molecular weight is 498 g/mol. The SMILES string of the molecule is Cc1[nH]c2ncccc2c1Cc1sc2c(c1C(=O)N1C[C@H](O)CO1)c(=O)n(C)c(=O)n2CC(C)C. The minimum atomic E-state index is -0.795. The van der Waals surface area contributed by atoms with Crippen molar-refractivity contribution in [1.29, 1.82) is 0 Å². The Bertz CT molecular complexity index is 1580. The van der Waals surface area contributed by atoms with Crippen molar-refractivity contribution in [2.45, 2.75) is 39.8 Å². The number of carbonyl (C=O) groups excluding carboxylic acids is 1. The van der Waals surface area contributed by atoms with Crippen molar-refractivity contribution in [3.8, 4) is 0 Å². The molecule has 35 heavy (non-hydrogen) atoms. The number of hydrogen-bond acceptors (Lipinski definition) is 7. The van der Waals surface area contributed by atoms with Crippen LogP contribution in [0.4, 0.5) is 0 Å². The van der Waals surface area contributed by atoms with E-state index in [0.29, 0.717) is 22.7 Å². The third kappa shape index (κ3) is 3.89. The summed E-state index contributed by atoms with van der Waals surface area (Å²) in [4.78, 5) is 54.3. The number of thiophene rings is 1. The van der Waals surface area contributed by atoms with Crippen molar-refractivity contribution in [2.75, 3.05) is 13.2 Å². The van der Waals surface area contributed by atoms with Crippen LogP contribution in [0.1, 0.15) is 40.3 Å². The molecule has 0 aliphatic carbocycles. The molecule has 1 fully saturated rings. The van der Waals surface area contributed by atoms with E-state index in [4.69, 9.17) is 4.84 Å². The highest BCUT2D eigenvalue weighted by atomic mass is 32.1. The van der Waals surface area contributed by atoms with Gasteiger partial charge in [-0.1, -0.05) is 13.8 Å². The number of pyridine rings is 1. The quantitative estimate of drug-likeness (QED) is 0.435. The van der Waals surface area contributed by atoms with Gasteiger partial charge < -0.3 is 10.1 Å². The number of aliphatic hydroxyl groups is 1. The lowest BCUT2D eigenvalue weighted by molar-refractivity contribution is -0.0778. The Labute approximate surface area is 204 Å². The zero-order valence-corrected chi connectivity index (χ0v) is 20.8. The molecule has 5 heterocycles. The first-order chi connectivity index (χ1) is 16.7. The van der Waals surface area contributed by atoms with E-state index in [-0.39, 0.29) is 30.0 Å². The number of H-pyrrole nitrogens is 1. The molecule has 0 saturated carbocycles. The van der Waals surface area contributed by atoms with Gasteiger partial charge in [-0.25, -0.2) is 14.8 Å². The van der Waals surface area contributed by atoms with E-state index in [2.05, 4.69) is 9.97 Å². The van der Waals surface area contributed by atoms with Gasteiger partial charge in [0.2, 0.25) is 0 Å². The fourth-order valence-corrected chi connectivity index (χ4v) is 5.88. The maximum Gasteiger partial charge on any atom is 0.331 e. The van der Waals surface area contributed by atoms with Crippen molar-refractivity contribution in [2.24, 2.45) is 13.0 Å². The van der Waals surface area contributed by atoms with E-state index in [1.54, 1.807) is 10.8 Å². The van der Waals surface area contributed by atoms with Gasteiger partial charge in [0.1, 0.15) is 23.2 Å². The number of rotatable bonds is 5. The first kappa shape index (κ1) is 23.5. The van der Waals surface area contributed by atoms with Gasteiger partial charge in [-0.05, 0) is 30.5 Å². The van der Waals surface area contributed by atoms with Crippen LogP contribution in [0.5, 0.6) is 0 Å². The molecule has 0 radical (unpaired) electrons. The van der Waals surface area contributed by atoms with Crippen LogP contribution in [0.3, 0.4) is 0 Å². The molecule has 4 aromatic rings. The second kappa shape index (κ2) is 8.74. The van der Waals surface area contributed by atoms with Crippen molar-refractivity contribution in [3.05, 3.63) is 60.9 Å². The molecule has 0 bridgehead atoms. The Kier molecular flexibility index (Phi) is 5.86. The maximum atomic E-state index is 13.7. The molecule has 2 N–H and O–H groups in total. The number of β-amino-alcohol motifs (C(OH)–C–C–N with tert-alkyl or cyclic N) is 1. The summed E-state index contributed by atoms with van der Waals surface area (Å²) in [6.07, 6.45) is 1.28. The van der Waals surface area contributed by atoms with Crippen molar-refractivity contribution in [3.63, 3.8) is 0 Å². The van der Waals surface area contributed by atoms with Crippen LogP contribution >= 0.6 is 11.3 Å². The van der Waals surface area contributed by atoms with E-state index in [1.807, 2.05) is 32.9 Å². The van der Waals surface area contributed by atoms with E-state index < -0.39 is 23.3 Å². The molecule has 1 amide bonds. The van der Waals surface area contributed by atoms with Crippen LogP contribution in [-0.4, -0.2) is 54.4 Å². The fraction of sp³-hybridized carbons (Fsp3) is 0.417. The van der Waals surface area contributed by atoms with Crippen LogP contribution in [0.2, 0.25) is 0 Å². The second-order valence-corrected chi connectivity index (χ2v) is 10.4. The molecule has 0 unspecified atom stereocenters. The number of aromatic amines is 1. The van der Waals surface area contributed by atoms with Crippen LogP contribution in [0, 0.1) is 12.8 Å². The molecular weight excluding hydrogens is 470 g/mol. The number of nitrogens with zero attached hydrogens (tertiary/aromatic N) is 4. The highest BCUT2D eigenvalue weighted by molar-refractivity contribution is 7.19. The standard InChI is InChI=1S/C24H27N5O5S/c1-12(2)9-28-23-19(21(31)27(4)24(28)33)18(22(32)29-10-14(30)11-34-29)17(35-23)8-16-13(3)26-20-15(16)6-5-7-25-20/h5-7,12,14,30H,8-11H2,1-4H3,(H,25,26)/t14-/m0/s1. The molecule has 0 aromatic carbocycles. The molecule has 1 saturated heterocycles. The third-order valence-corrected chi connectivity index (χ3v) is 7.47. The number of aromatic nitrogens is 4. The molecule has 4 aromatic heterocycles. The summed E-state index contributed by atoms with van der Waals surface area (Å²) in [5, 5.41) is 12.2. The summed E-state index contributed by atoms with van der Waals surface area (Å²) < 4.78 is 2.63. The van der Waals surface area contributed by atoms with Crippen molar-refractivity contribution in [1.82, 2.24) is 24.2 Å². The minimum Gasteiger partial charge on any atom is -0.389 e. The van der Waals surface area contributed by atoms with Gasteiger partial charge in [0.25, 0.3) is 11.5 Å². The number of hydrogen-bond donors (Lipinski definition) is 2. The van der Waals surface area contributed by atoms with E-state index in [1.165, 1.54) is 18.4 Å². The zero-order chi connectivity index (χ0) is 25.0. The summed E-state index contributed by atoms with van der Waals surface area (Å²) in [7, 11) is 1.43. The van der Waals surface area contributed by atoms with Gasteiger partial charge in [0.05, 0.1) is 17.5 Å². The molecule has 0 spiro atoms. The predicted octanol–water partition coefficient (Wildman–Crippen LogP) is 1.94. The summed E-state index contributed by atoms with van der Waals surface area (Å²) in [5.74, 6) is -0.345. The number of nitrogens with one attached hydrogen (secondary N) is 1. The summed E-state index contributed by atoms with van der Waals surface area (Å²) in [5.41, 5.74) is 1.90. The van der Waals surface area contributed by atoms with E-state index in [9.17, 15) is 19.5 Å². The van der Waals surface area contributed by atoms with Crippen LogP contribution < -0.4 is 11.2 Å². The van der Waals surface area contributed by atoms with Gasteiger partial charge in [0.15, 0.2) is 0 Å². The van der Waals surface area contributed by atoms with Crippen LogP contribution in [0.25, 0.3) is 21.3 Å². The summed E-state index contributed by atoms with van der Waals surface area (Å²) >= 11 is 1.28. The van der Waals surface area contributed by atoms with Gasteiger partial charge in [-0.3, -0.25) is 23.6 Å². The number of hydroxylamine groups is 2. The number of amides is 1. The van der Waals surface area contributed by atoms with E-state index >= 15 is 0 Å². The average Bonchev–Trinajstić information content (AvgIpc) is 3.50. The Morgan fingerprint density at radius 3 is 2.83 bits per heavy atom. The van der Waals surface area contributed by atoms with Gasteiger partial charge in [-0.15, -0.1) is 11.3 Å². The fourth-order valence-electron chi connectivity index (χ4n) is 4.58. The van der Waals surface area contributed by atoms with Gasteiger partial charge in [-0.2, -0.15) is 0 Å². The molecular formula is C24H27N5O5S. The lowest BCUT2D eigenvalue weighted by Gasteiger charge is -2.15. The summed E-state index contributed by atoms with van der Waals surface area (Å²) in [6.45, 7) is 6.35. The van der Waals surface area contributed by atoms with Gasteiger partial charge >= 0.3 is 5.69 Å². The van der Waals surface area contributed by atoms with Crippen LogP contribution in [-0.2, 0) is 24.9 Å².